The number of nitrogens with zero attached hydrogens (tertiary/aromatic N) is 2. The molecular formula is C28H32FN2O7S+. The maximum atomic E-state index is 14.3. The van der Waals surface area contributed by atoms with Crippen molar-refractivity contribution in [3.63, 3.8) is 0 Å². The molecule has 1 saturated heterocycles. The number of carbonyl (C=O) groups is 2. The SMILES string of the molecule is COC(=O)c1c(N(C(=O)OC)[SH+](=O)c2ccc(F)cc2/C=C\CN2CCC(CO)C2)ccc2c1OC[C@@H]1C[C@H]21. The Bertz CT molecular complexity index is 1330. The van der Waals surface area contributed by atoms with Crippen LogP contribution >= 0.6 is 0 Å². The summed E-state index contributed by atoms with van der Waals surface area (Å²) in [6.45, 7) is 2.76. The van der Waals surface area contributed by atoms with E-state index in [9.17, 15) is 23.3 Å². The van der Waals surface area contributed by atoms with Crippen molar-refractivity contribution in [1.29, 1.82) is 0 Å². The number of aliphatic hydroxyl groups is 1. The molecule has 0 radical (unpaired) electrons. The number of esters is 1. The van der Waals surface area contributed by atoms with Gasteiger partial charge in [0.05, 0.1) is 20.8 Å². The third-order valence-electron chi connectivity index (χ3n) is 7.56. The molecule has 1 N–H and O–H groups in total. The molecule has 0 spiro atoms. The molecule has 2 aromatic carbocycles. The molecule has 2 aliphatic heterocycles. The highest BCUT2D eigenvalue weighted by Gasteiger charge is 2.47. The second-order valence-corrected chi connectivity index (χ2v) is 11.5. The Morgan fingerprint density at radius 2 is 2.08 bits per heavy atom. The van der Waals surface area contributed by atoms with Gasteiger partial charge in [-0.05, 0) is 61.1 Å². The molecule has 11 heteroatoms. The number of benzene rings is 2. The number of amides is 1. The second-order valence-electron chi connectivity index (χ2n) is 10.0. The topological polar surface area (TPSA) is 106 Å². The minimum Gasteiger partial charge on any atom is -0.492 e. The van der Waals surface area contributed by atoms with Crippen molar-refractivity contribution in [2.75, 3.05) is 51.4 Å². The summed E-state index contributed by atoms with van der Waals surface area (Å²) in [4.78, 5) is 28.4. The maximum Gasteiger partial charge on any atom is 0.456 e. The number of hydrogen-bond acceptors (Lipinski definition) is 8. The summed E-state index contributed by atoms with van der Waals surface area (Å²) in [6.07, 6.45) is 4.41. The van der Waals surface area contributed by atoms with E-state index in [1.54, 1.807) is 18.2 Å². The van der Waals surface area contributed by atoms with Crippen LogP contribution in [0.4, 0.5) is 14.9 Å². The lowest BCUT2D eigenvalue weighted by molar-refractivity contribution is 0.0596. The van der Waals surface area contributed by atoms with Crippen LogP contribution in [0.1, 0.15) is 40.2 Å². The van der Waals surface area contributed by atoms with Crippen molar-refractivity contribution in [1.82, 2.24) is 4.90 Å². The van der Waals surface area contributed by atoms with Crippen LogP contribution in [0.3, 0.4) is 0 Å². The second kappa shape index (κ2) is 11.4. The van der Waals surface area contributed by atoms with Crippen LogP contribution in [0.25, 0.3) is 6.08 Å². The van der Waals surface area contributed by atoms with Crippen LogP contribution in [0, 0.1) is 17.7 Å². The zero-order valence-electron chi connectivity index (χ0n) is 21.8. The average molecular weight is 560 g/mol. The van der Waals surface area contributed by atoms with Gasteiger partial charge in [-0.1, -0.05) is 26.7 Å². The Hall–Kier alpha value is -3.28. The summed E-state index contributed by atoms with van der Waals surface area (Å²) in [5.41, 5.74) is 1.21. The van der Waals surface area contributed by atoms with Crippen LogP contribution in [-0.2, 0) is 24.7 Å². The van der Waals surface area contributed by atoms with Gasteiger partial charge in [0.2, 0.25) is 11.0 Å². The standard InChI is InChI=1S/C28H31FN2O7S/c1-36-27(33)25-23(7-6-21-22-13-19(22)16-38-26(21)25)31(28(34)37-2)39(35)24-8-5-20(29)12-18(24)4-3-10-30-11-9-17(14-30)15-32/h3-8,12,17,19,22,32H,9-11,13-16H2,1-2H3/p+1/b4-3-/t17?,19-,22-,39?/m0/s1. The van der Waals surface area contributed by atoms with Gasteiger partial charge in [-0.15, -0.1) is 0 Å². The molecule has 208 valence electrons. The minimum absolute atomic E-state index is 0.000717. The molecule has 39 heavy (non-hydrogen) atoms. The monoisotopic (exact) mass is 559 g/mol. The van der Waals surface area contributed by atoms with Crippen LogP contribution in [0.15, 0.2) is 41.3 Å². The van der Waals surface area contributed by atoms with Crippen molar-refractivity contribution >= 4 is 34.8 Å². The molecule has 5 rings (SSSR count). The van der Waals surface area contributed by atoms with Crippen molar-refractivity contribution < 1.29 is 37.5 Å². The molecule has 9 nitrogen and oxygen atoms in total. The first kappa shape index (κ1) is 27.3. The summed E-state index contributed by atoms with van der Waals surface area (Å²) < 4.78 is 45.2. The van der Waals surface area contributed by atoms with E-state index in [0.717, 1.165) is 42.9 Å². The Balaban J connectivity index is 1.51. The number of methoxy groups -OCH3 is 2. The number of thiol groups is 1. The van der Waals surface area contributed by atoms with Crippen LogP contribution in [-0.4, -0.2) is 69.1 Å². The van der Waals surface area contributed by atoms with Gasteiger partial charge in [0.15, 0.2) is 4.90 Å². The fourth-order valence-corrected chi connectivity index (χ4v) is 6.74. The van der Waals surface area contributed by atoms with Gasteiger partial charge >= 0.3 is 12.1 Å². The predicted octanol–water partition coefficient (Wildman–Crippen LogP) is 3.68. The quantitative estimate of drug-likeness (QED) is 0.297. The normalized spacial score (nSPS) is 22.5. The number of fused-ring (bicyclic) bond motifs is 3. The van der Waals surface area contributed by atoms with E-state index in [0.29, 0.717) is 30.4 Å². The lowest BCUT2D eigenvalue weighted by Gasteiger charge is -2.23. The smallest absolute Gasteiger partial charge is 0.456 e. The minimum atomic E-state index is -2.71. The highest BCUT2D eigenvalue weighted by molar-refractivity contribution is 7.87. The molecule has 3 aliphatic rings. The summed E-state index contributed by atoms with van der Waals surface area (Å²) in [5, 5.41) is 9.38. The van der Waals surface area contributed by atoms with Crippen molar-refractivity contribution in [2.45, 2.75) is 23.7 Å². The average Bonchev–Trinajstić information content (AvgIpc) is 3.61. The van der Waals surface area contributed by atoms with Crippen molar-refractivity contribution in [3.05, 3.63) is 58.9 Å². The van der Waals surface area contributed by atoms with Crippen molar-refractivity contribution in [3.8, 4) is 5.75 Å². The molecule has 0 aromatic heterocycles. The third-order valence-corrected chi connectivity index (χ3v) is 9.12. The van der Waals surface area contributed by atoms with E-state index in [1.807, 2.05) is 6.08 Å². The van der Waals surface area contributed by atoms with Gasteiger partial charge < -0.3 is 19.3 Å². The maximum absolute atomic E-state index is 14.3. The number of likely N-dealkylation sites (tertiary alicyclic amines) is 1. The third kappa shape index (κ3) is 5.43. The first-order valence-corrected chi connectivity index (χ1v) is 14.1. The van der Waals surface area contributed by atoms with E-state index in [4.69, 9.17) is 14.2 Å². The van der Waals surface area contributed by atoms with E-state index in [-0.39, 0.29) is 34.6 Å². The summed E-state index contributed by atoms with van der Waals surface area (Å²) >= 11 is 0. The van der Waals surface area contributed by atoms with Gasteiger partial charge in [0.25, 0.3) is 0 Å². The first-order valence-electron chi connectivity index (χ1n) is 12.9. The largest absolute Gasteiger partial charge is 0.492 e. The Morgan fingerprint density at radius 3 is 2.79 bits per heavy atom. The summed E-state index contributed by atoms with van der Waals surface area (Å²) in [7, 11) is -0.331. The lowest BCUT2D eigenvalue weighted by atomic mass is 10.00. The molecule has 0 bridgehead atoms. The van der Waals surface area contributed by atoms with Gasteiger partial charge in [-0.3, -0.25) is 4.90 Å². The number of rotatable bonds is 8. The number of aliphatic hydroxyl groups excluding tert-OH is 1. The highest BCUT2D eigenvalue weighted by atomic mass is 32.2. The van der Waals surface area contributed by atoms with Crippen molar-refractivity contribution in [2.24, 2.45) is 11.8 Å². The van der Waals surface area contributed by atoms with Gasteiger partial charge in [-0.2, -0.15) is 0 Å². The zero-order valence-corrected chi connectivity index (χ0v) is 22.7. The van der Waals surface area contributed by atoms with Gasteiger partial charge in [0.1, 0.15) is 22.8 Å². The molecule has 2 unspecified atom stereocenters. The highest BCUT2D eigenvalue weighted by Crippen LogP contribution is 2.55. The number of anilines is 1. The number of hydrogen-bond donors (Lipinski definition) is 1. The molecule has 2 heterocycles. The fourth-order valence-electron chi connectivity index (χ4n) is 5.37. The summed E-state index contributed by atoms with van der Waals surface area (Å²) in [5.74, 6) is -0.0360. The van der Waals surface area contributed by atoms with Gasteiger partial charge in [-0.25, -0.2) is 14.0 Å². The predicted molar refractivity (Wildman–Crippen MR) is 144 cm³/mol. The van der Waals surface area contributed by atoms with E-state index >= 15 is 0 Å². The lowest BCUT2D eigenvalue weighted by Crippen LogP contribution is -2.34. The molecule has 4 atom stereocenters. The molecule has 1 aliphatic carbocycles. The molecule has 2 aromatic rings. The molecule has 1 amide bonds. The summed E-state index contributed by atoms with van der Waals surface area (Å²) in [6, 6.07) is 7.12. The Kier molecular flexibility index (Phi) is 8.01. The van der Waals surface area contributed by atoms with Gasteiger partial charge in [0, 0.05) is 31.2 Å². The van der Waals surface area contributed by atoms with E-state index in [1.165, 1.54) is 25.3 Å². The Labute approximate surface area is 228 Å². The van der Waals surface area contributed by atoms with Crippen LogP contribution in [0.5, 0.6) is 5.75 Å². The number of carbonyl (C=O) groups excluding carboxylic acids is 2. The van der Waals surface area contributed by atoms with Crippen LogP contribution in [0.2, 0.25) is 0 Å². The Morgan fingerprint density at radius 1 is 1.26 bits per heavy atom. The van der Waals surface area contributed by atoms with E-state index in [2.05, 4.69) is 4.90 Å². The molecule has 2 fully saturated rings. The molecule has 1 saturated carbocycles. The molecular weight excluding hydrogens is 527 g/mol. The first-order chi connectivity index (χ1) is 18.9. The van der Waals surface area contributed by atoms with Crippen LogP contribution < -0.4 is 9.04 Å². The number of ether oxygens (including phenoxy) is 3. The number of halogens is 1. The fraction of sp³-hybridized carbons (Fsp3) is 0.429. The van der Waals surface area contributed by atoms with E-state index < -0.39 is 28.9 Å². The zero-order chi connectivity index (χ0) is 27.7.